The van der Waals surface area contributed by atoms with E-state index in [1.165, 1.54) is 17.3 Å². The van der Waals surface area contributed by atoms with Gasteiger partial charge in [-0.2, -0.15) is 5.10 Å². The maximum absolute atomic E-state index is 12.3. The summed E-state index contributed by atoms with van der Waals surface area (Å²) in [6.45, 7) is 2.04. The lowest BCUT2D eigenvalue weighted by molar-refractivity contribution is -0.118. The van der Waals surface area contributed by atoms with Gasteiger partial charge in [0.05, 0.1) is 12.0 Å². The number of carbonyl (C=O) groups excluding carboxylic acids is 1. The van der Waals surface area contributed by atoms with E-state index in [0.29, 0.717) is 5.16 Å². The van der Waals surface area contributed by atoms with Crippen LogP contribution in [0.4, 0.5) is 0 Å². The SMILES string of the molecule is Cc1ccc(-n2c(SCC(=O)N/N=C\c3ccc(Br)cc3)nnc2-c2ccccc2)cc1. The van der Waals surface area contributed by atoms with Crippen LogP contribution in [-0.2, 0) is 4.79 Å². The van der Waals surface area contributed by atoms with Gasteiger partial charge in [0, 0.05) is 15.7 Å². The molecule has 1 aromatic heterocycles. The van der Waals surface area contributed by atoms with Gasteiger partial charge in [0.15, 0.2) is 11.0 Å². The van der Waals surface area contributed by atoms with E-state index in [0.717, 1.165) is 27.1 Å². The minimum atomic E-state index is -0.219. The highest BCUT2D eigenvalue weighted by Crippen LogP contribution is 2.28. The van der Waals surface area contributed by atoms with Crippen LogP contribution in [0.5, 0.6) is 0 Å². The number of aromatic nitrogens is 3. The quantitative estimate of drug-likeness (QED) is 0.211. The Morgan fingerprint density at radius 3 is 2.47 bits per heavy atom. The number of hydrogen-bond donors (Lipinski definition) is 1. The molecular weight excluding hydrogens is 486 g/mol. The fraction of sp³-hybridized carbons (Fsp3) is 0.0833. The van der Waals surface area contributed by atoms with Gasteiger partial charge in [-0.1, -0.05) is 87.9 Å². The van der Waals surface area contributed by atoms with Crippen molar-refractivity contribution in [1.82, 2.24) is 20.2 Å². The van der Waals surface area contributed by atoms with Gasteiger partial charge in [-0.3, -0.25) is 9.36 Å². The molecule has 8 heteroatoms. The third-order valence-electron chi connectivity index (χ3n) is 4.56. The normalized spacial score (nSPS) is 11.1. The summed E-state index contributed by atoms with van der Waals surface area (Å²) in [7, 11) is 0. The zero-order chi connectivity index (χ0) is 22.3. The number of thioether (sulfide) groups is 1. The Labute approximate surface area is 198 Å². The number of rotatable bonds is 7. The number of aryl methyl sites for hydroxylation is 1. The molecule has 0 aliphatic heterocycles. The molecule has 0 fully saturated rings. The molecule has 32 heavy (non-hydrogen) atoms. The molecule has 0 aliphatic rings. The number of hydrazone groups is 1. The summed E-state index contributed by atoms with van der Waals surface area (Å²) in [5.41, 5.74) is 6.52. The average molecular weight is 506 g/mol. The van der Waals surface area contributed by atoms with Crippen LogP contribution in [0, 0.1) is 6.92 Å². The first-order valence-electron chi connectivity index (χ1n) is 9.88. The van der Waals surface area contributed by atoms with Crippen LogP contribution in [-0.4, -0.2) is 32.6 Å². The summed E-state index contributed by atoms with van der Waals surface area (Å²) in [6.07, 6.45) is 1.61. The molecule has 1 amide bonds. The maximum atomic E-state index is 12.3. The van der Waals surface area contributed by atoms with Crippen molar-refractivity contribution in [1.29, 1.82) is 0 Å². The standard InChI is InChI=1S/C24H20BrN5OS/c1-17-7-13-21(14-8-17)30-23(19-5-3-2-4-6-19)28-29-24(30)32-16-22(31)27-26-15-18-9-11-20(25)12-10-18/h2-15H,16H2,1H3,(H,27,31)/b26-15-. The van der Waals surface area contributed by atoms with Crippen molar-refractivity contribution in [2.75, 3.05) is 5.75 Å². The van der Waals surface area contributed by atoms with Gasteiger partial charge in [-0.25, -0.2) is 5.43 Å². The fourth-order valence-electron chi connectivity index (χ4n) is 2.95. The highest BCUT2D eigenvalue weighted by atomic mass is 79.9. The lowest BCUT2D eigenvalue weighted by Crippen LogP contribution is -2.20. The van der Waals surface area contributed by atoms with Crippen LogP contribution in [0.2, 0.25) is 0 Å². The first-order chi connectivity index (χ1) is 15.6. The molecule has 1 heterocycles. The minimum absolute atomic E-state index is 0.163. The molecule has 4 aromatic rings. The second kappa shape index (κ2) is 10.4. The molecule has 6 nitrogen and oxygen atoms in total. The monoisotopic (exact) mass is 505 g/mol. The van der Waals surface area contributed by atoms with Gasteiger partial charge in [-0.05, 0) is 36.8 Å². The van der Waals surface area contributed by atoms with Gasteiger partial charge in [0.25, 0.3) is 5.91 Å². The summed E-state index contributed by atoms with van der Waals surface area (Å²) in [4.78, 5) is 12.3. The molecule has 4 rings (SSSR count). The van der Waals surface area contributed by atoms with Crippen molar-refractivity contribution < 1.29 is 4.79 Å². The van der Waals surface area contributed by atoms with Gasteiger partial charge < -0.3 is 0 Å². The zero-order valence-corrected chi connectivity index (χ0v) is 19.7. The largest absolute Gasteiger partial charge is 0.272 e. The topological polar surface area (TPSA) is 72.2 Å². The van der Waals surface area contributed by atoms with Gasteiger partial charge in [0.1, 0.15) is 0 Å². The molecule has 3 aromatic carbocycles. The Hall–Kier alpha value is -3.23. The number of nitrogens with one attached hydrogen (secondary N) is 1. The Morgan fingerprint density at radius 1 is 1.03 bits per heavy atom. The van der Waals surface area contributed by atoms with Crippen LogP contribution >= 0.6 is 27.7 Å². The van der Waals surface area contributed by atoms with E-state index in [9.17, 15) is 4.79 Å². The highest BCUT2D eigenvalue weighted by molar-refractivity contribution is 9.10. The maximum Gasteiger partial charge on any atom is 0.250 e. The summed E-state index contributed by atoms with van der Waals surface area (Å²) >= 11 is 4.71. The lowest BCUT2D eigenvalue weighted by atomic mass is 10.2. The Kier molecular flexibility index (Phi) is 7.14. The Bertz CT molecular complexity index is 1220. The molecule has 0 spiro atoms. The van der Waals surface area contributed by atoms with Crippen molar-refractivity contribution in [2.24, 2.45) is 5.10 Å². The van der Waals surface area contributed by atoms with Gasteiger partial charge >= 0.3 is 0 Å². The van der Waals surface area contributed by atoms with E-state index in [4.69, 9.17) is 0 Å². The predicted octanol–water partition coefficient (Wildman–Crippen LogP) is 5.25. The second-order valence-corrected chi connectivity index (χ2v) is 8.83. The average Bonchev–Trinajstić information content (AvgIpc) is 3.24. The van der Waals surface area contributed by atoms with E-state index in [-0.39, 0.29) is 11.7 Å². The van der Waals surface area contributed by atoms with Crippen molar-refractivity contribution in [3.8, 4) is 17.1 Å². The van der Waals surface area contributed by atoms with Crippen LogP contribution < -0.4 is 5.43 Å². The number of hydrogen-bond acceptors (Lipinski definition) is 5. The van der Waals surface area contributed by atoms with Crippen molar-refractivity contribution >= 4 is 39.8 Å². The highest BCUT2D eigenvalue weighted by Gasteiger charge is 2.17. The van der Waals surface area contributed by atoms with E-state index in [2.05, 4.69) is 36.7 Å². The van der Waals surface area contributed by atoms with Crippen LogP contribution in [0.3, 0.4) is 0 Å². The molecule has 0 unspecified atom stereocenters. The molecular formula is C24H20BrN5OS. The van der Waals surface area contributed by atoms with Gasteiger partial charge in [-0.15, -0.1) is 10.2 Å². The number of halogens is 1. The number of amides is 1. The summed E-state index contributed by atoms with van der Waals surface area (Å²) in [5, 5.41) is 13.4. The van der Waals surface area contributed by atoms with Crippen LogP contribution in [0.15, 0.2) is 93.6 Å². The number of nitrogens with zero attached hydrogens (tertiary/aromatic N) is 4. The first-order valence-corrected chi connectivity index (χ1v) is 11.7. The molecule has 0 aliphatic carbocycles. The van der Waals surface area contributed by atoms with Crippen molar-refractivity contribution in [3.05, 3.63) is 94.5 Å². The van der Waals surface area contributed by atoms with Crippen molar-refractivity contribution in [2.45, 2.75) is 12.1 Å². The Morgan fingerprint density at radius 2 is 1.75 bits per heavy atom. The number of benzene rings is 3. The van der Waals surface area contributed by atoms with Crippen LogP contribution in [0.1, 0.15) is 11.1 Å². The Balaban J connectivity index is 1.49. The van der Waals surface area contributed by atoms with E-state index >= 15 is 0 Å². The van der Waals surface area contributed by atoms with Gasteiger partial charge in [0.2, 0.25) is 0 Å². The third kappa shape index (κ3) is 5.52. The molecule has 0 saturated heterocycles. The number of carbonyl (C=O) groups is 1. The minimum Gasteiger partial charge on any atom is -0.272 e. The lowest BCUT2D eigenvalue weighted by Gasteiger charge is -2.10. The van der Waals surface area contributed by atoms with Crippen molar-refractivity contribution in [3.63, 3.8) is 0 Å². The molecule has 1 N–H and O–H groups in total. The zero-order valence-electron chi connectivity index (χ0n) is 17.3. The molecule has 0 saturated carbocycles. The smallest absolute Gasteiger partial charge is 0.250 e. The first kappa shape index (κ1) is 22.0. The second-order valence-electron chi connectivity index (χ2n) is 6.98. The third-order valence-corrected chi connectivity index (χ3v) is 6.02. The fourth-order valence-corrected chi connectivity index (χ4v) is 3.96. The molecule has 160 valence electrons. The van der Waals surface area contributed by atoms with E-state index < -0.39 is 0 Å². The predicted molar refractivity (Wildman–Crippen MR) is 132 cm³/mol. The van der Waals surface area contributed by atoms with E-state index in [1.807, 2.05) is 90.4 Å². The van der Waals surface area contributed by atoms with Crippen LogP contribution in [0.25, 0.3) is 17.1 Å². The summed E-state index contributed by atoms with van der Waals surface area (Å²) < 4.78 is 2.96. The molecule has 0 bridgehead atoms. The molecule has 0 radical (unpaired) electrons. The summed E-state index contributed by atoms with van der Waals surface area (Å²) in [5.74, 6) is 0.671. The van der Waals surface area contributed by atoms with E-state index in [1.54, 1.807) is 6.21 Å². The molecule has 0 atom stereocenters. The summed E-state index contributed by atoms with van der Waals surface area (Å²) in [6, 6.07) is 25.7.